The van der Waals surface area contributed by atoms with Crippen molar-refractivity contribution in [1.29, 1.82) is 0 Å². The Morgan fingerprint density at radius 2 is 2.10 bits per heavy atom. The van der Waals surface area contributed by atoms with Crippen molar-refractivity contribution < 1.29 is 9.53 Å². The standard InChI is InChI=1S/C15H22BrNO2S/c1-10(2)11(3)17-15(18)9-20-8-12-5-6-14(19-4)13(16)7-12/h5-7,10-11H,8-9H2,1-4H3,(H,17,18)/t11-/m0/s1. The average molecular weight is 360 g/mol. The van der Waals surface area contributed by atoms with Crippen LogP contribution in [0.5, 0.6) is 5.75 Å². The molecule has 1 aromatic carbocycles. The zero-order valence-corrected chi connectivity index (χ0v) is 14.8. The zero-order chi connectivity index (χ0) is 15.1. The number of halogens is 1. The monoisotopic (exact) mass is 359 g/mol. The van der Waals surface area contributed by atoms with Gasteiger partial charge in [-0.25, -0.2) is 0 Å². The Hall–Kier alpha value is -0.680. The number of ether oxygens (including phenoxy) is 1. The van der Waals surface area contributed by atoms with E-state index in [1.165, 1.54) is 5.56 Å². The first-order valence-corrected chi connectivity index (χ1v) is 8.58. The lowest BCUT2D eigenvalue weighted by molar-refractivity contribution is -0.119. The summed E-state index contributed by atoms with van der Waals surface area (Å²) in [6.45, 7) is 6.24. The molecule has 1 N–H and O–H groups in total. The molecule has 0 saturated heterocycles. The van der Waals surface area contributed by atoms with E-state index < -0.39 is 0 Å². The summed E-state index contributed by atoms with van der Waals surface area (Å²) in [6.07, 6.45) is 0. The minimum absolute atomic E-state index is 0.101. The third kappa shape index (κ3) is 5.75. The summed E-state index contributed by atoms with van der Waals surface area (Å²) in [5.74, 6) is 2.68. The first-order valence-electron chi connectivity index (χ1n) is 6.63. The summed E-state index contributed by atoms with van der Waals surface area (Å²) in [5.41, 5.74) is 1.17. The second kappa shape index (κ2) is 8.57. The summed E-state index contributed by atoms with van der Waals surface area (Å²) in [4.78, 5) is 11.8. The Labute approximate surface area is 134 Å². The van der Waals surface area contributed by atoms with Gasteiger partial charge in [-0.05, 0) is 46.5 Å². The molecule has 0 unspecified atom stereocenters. The van der Waals surface area contributed by atoms with E-state index in [0.29, 0.717) is 11.7 Å². The predicted molar refractivity (Wildman–Crippen MR) is 89.3 cm³/mol. The molecule has 0 radical (unpaired) electrons. The van der Waals surface area contributed by atoms with Gasteiger partial charge in [-0.1, -0.05) is 19.9 Å². The number of nitrogens with one attached hydrogen (secondary N) is 1. The molecule has 0 saturated carbocycles. The highest BCUT2D eigenvalue weighted by molar-refractivity contribution is 9.10. The second-order valence-electron chi connectivity index (χ2n) is 5.06. The number of carbonyl (C=O) groups excluding carboxylic acids is 1. The molecule has 112 valence electrons. The molecule has 3 nitrogen and oxygen atoms in total. The number of amides is 1. The molecule has 1 amide bonds. The number of rotatable bonds is 7. The Morgan fingerprint density at radius 1 is 1.40 bits per heavy atom. The van der Waals surface area contributed by atoms with Crippen LogP contribution in [0.1, 0.15) is 26.3 Å². The Kier molecular flexibility index (Phi) is 7.45. The highest BCUT2D eigenvalue weighted by atomic mass is 79.9. The van der Waals surface area contributed by atoms with Crippen molar-refractivity contribution >= 4 is 33.6 Å². The summed E-state index contributed by atoms with van der Waals surface area (Å²) < 4.78 is 6.13. The molecule has 0 bridgehead atoms. The minimum Gasteiger partial charge on any atom is -0.496 e. The van der Waals surface area contributed by atoms with Crippen LogP contribution in [0.4, 0.5) is 0 Å². The van der Waals surface area contributed by atoms with E-state index in [0.717, 1.165) is 16.0 Å². The Balaban J connectivity index is 2.37. The smallest absolute Gasteiger partial charge is 0.230 e. The van der Waals surface area contributed by atoms with Crippen molar-refractivity contribution in [1.82, 2.24) is 5.32 Å². The van der Waals surface area contributed by atoms with Crippen molar-refractivity contribution in [3.63, 3.8) is 0 Å². The van der Waals surface area contributed by atoms with Gasteiger partial charge >= 0.3 is 0 Å². The van der Waals surface area contributed by atoms with Crippen LogP contribution in [0.3, 0.4) is 0 Å². The van der Waals surface area contributed by atoms with Crippen LogP contribution in [0, 0.1) is 5.92 Å². The maximum absolute atomic E-state index is 11.8. The summed E-state index contributed by atoms with van der Waals surface area (Å²) in [5, 5.41) is 3.01. The largest absolute Gasteiger partial charge is 0.496 e. The fraction of sp³-hybridized carbons (Fsp3) is 0.533. The number of methoxy groups -OCH3 is 1. The SMILES string of the molecule is COc1ccc(CSCC(=O)N[C@@H](C)C(C)C)cc1Br. The van der Waals surface area contributed by atoms with Crippen molar-refractivity contribution in [2.75, 3.05) is 12.9 Å². The molecule has 0 aromatic heterocycles. The molecule has 0 aliphatic carbocycles. The fourth-order valence-corrected chi connectivity index (χ4v) is 2.90. The van der Waals surface area contributed by atoms with Crippen molar-refractivity contribution in [3.05, 3.63) is 28.2 Å². The molecule has 0 fully saturated rings. The van der Waals surface area contributed by atoms with E-state index in [1.807, 2.05) is 25.1 Å². The fourth-order valence-electron chi connectivity index (χ4n) is 1.52. The van der Waals surface area contributed by atoms with Gasteiger partial charge < -0.3 is 10.1 Å². The first kappa shape index (κ1) is 17.4. The molecular weight excluding hydrogens is 338 g/mol. The number of hydrogen-bond donors (Lipinski definition) is 1. The maximum Gasteiger partial charge on any atom is 0.230 e. The predicted octanol–water partition coefficient (Wildman–Crippen LogP) is 3.85. The minimum atomic E-state index is 0.101. The highest BCUT2D eigenvalue weighted by Gasteiger charge is 2.10. The topological polar surface area (TPSA) is 38.3 Å². The van der Waals surface area contributed by atoms with E-state index in [9.17, 15) is 4.79 Å². The molecule has 20 heavy (non-hydrogen) atoms. The van der Waals surface area contributed by atoms with Crippen LogP contribution >= 0.6 is 27.7 Å². The number of benzene rings is 1. The molecule has 1 aromatic rings. The van der Waals surface area contributed by atoms with Gasteiger partial charge in [0.05, 0.1) is 17.3 Å². The second-order valence-corrected chi connectivity index (χ2v) is 6.90. The van der Waals surface area contributed by atoms with Gasteiger partial charge in [-0.15, -0.1) is 11.8 Å². The van der Waals surface area contributed by atoms with Crippen LogP contribution < -0.4 is 10.1 Å². The highest BCUT2D eigenvalue weighted by Crippen LogP contribution is 2.27. The van der Waals surface area contributed by atoms with Gasteiger partial charge in [0.15, 0.2) is 0 Å². The van der Waals surface area contributed by atoms with Gasteiger partial charge in [0.1, 0.15) is 5.75 Å². The molecule has 0 aliphatic rings. The Bertz CT molecular complexity index is 451. The zero-order valence-electron chi connectivity index (χ0n) is 12.4. The lowest BCUT2D eigenvalue weighted by Gasteiger charge is -2.17. The maximum atomic E-state index is 11.8. The summed E-state index contributed by atoms with van der Waals surface area (Å²) in [7, 11) is 1.65. The first-order chi connectivity index (χ1) is 9.43. The molecule has 1 atom stereocenters. The Morgan fingerprint density at radius 3 is 2.65 bits per heavy atom. The molecule has 0 spiro atoms. The molecular formula is C15H22BrNO2S. The van der Waals surface area contributed by atoms with Crippen molar-refractivity contribution in [3.8, 4) is 5.75 Å². The van der Waals surface area contributed by atoms with Crippen molar-refractivity contribution in [2.24, 2.45) is 5.92 Å². The molecule has 0 aliphatic heterocycles. The third-order valence-electron chi connectivity index (χ3n) is 3.11. The van der Waals surface area contributed by atoms with Gasteiger partial charge in [-0.2, -0.15) is 0 Å². The third-order valence-corrected chi connectivity index (χ3v) is 4.73. The average Bonchev–Trinajstić information content (AvgIpc) is 2.38. The van der Waals surface area contributed by atoms with E-state index >= 15 is 0 Å². The number of hydrogen-bond acceptors (Lipinski definition) is 3. The van der Waals surface area contributed by atoms with Crippen molar-refractivity contribution in [2.45, 2.75) is 32.6 Å². The summed E-state index contributed by atoms with van der Waals surface area (Å²) >= 11 is 5.08. The number of thioether (sulfide) groups is 1. The van der Waals surface area contributed by atoms with E-state index in [1.54, 1.807) is 18.9 Å². The van der Waals surface area contributed by atoms with E-state index in [2.05, 4.69) is 35.1 Å². The molecule has 5 heteroatoms. The van der Waals surface area contributed by atoms with Gasteiger partial charge in [0, 0.05) is 11.8 Å². The van der Waals surface area contributed by atoms with E-state index in [-0.39, 0.29) is 11.9 Å². The van der Waals surface area contributed by atoms with Crippen LogP contribution in [-0.4, -0.2) is 24.8 Å². The van der Waals surface area contributed by atoms with Gasteiger partial charge in [0.2, 0.25) is 5.91 Å². The molecule has 1 rings (SSSR count). The lowest BCUT2D eigenvalue weighted by Crippen LogP contribution is -2.37. The van der Waals surface area contributed by atoms with E-state index in [4.69, 9.17) is 4.74 Å². The quantitative estimate of drug-likeness (QED) is 0.803. The lowest BCUT2D eigenvalue weighted by atomic mass is 10.1. The van der Waals surface area contributed by atoms with Crippen LogP contribution in [-0.2, 0) is 10.5 Å². The normalized spacial score (nSPS) is 12.3. The van der Waals surface area contributed by atoms with Crippen LogP contribution in [0.15, 0.2) is 22.7 Å². The van der Waals surface area contributed by atoms with Crippen LogP contribution in [0.2, 0.25) is 0 Å². The van der Waals surface area contributed by atoms with Gasteiger partial charge in [0.25, 0.3) is 0 Å². The molecule has 0 heterocycles. The summed E-state index contributed by atoms with van der Waals surface area (Å²) in [6, 6.07) is 6.20. The van der Waals surface area contributed by atoms with Crippen LogP contribution in [0.25, 0.3) is 0 Å². The number of carbonyl (C=O) groups is 1. The van der Waals surface area contributed by atoms with Gasteiger partial charge in [-0.3, -0.25) is 4.79 Å².